The van der Waals surface area contributed by atoms with Gasteiger partial charge < -0.3 is 9.80 Å². The zero-order chi connectivity index (χ0) is 60.4. The van der Waals surface area contributed by atoms with Gasteiger partial charge in [0.25, 0.3) is 0 Å². The van der Waals surface area contributed by atoms with Gasteiger partial charge in [-0.15, -0.1) is 22.7 Å². The van der Waals surface area contributed by atoms with Gasteiger partial charge >= 0.3 is 0 Å². The average Bonchev–Trinajstić information content (AvgIpc) is 1.39. The highest BCUT2D eigenvalue weighted by molar-refractivity contribution is 7.27. The highest BCUT2D eigenvalue weighted by atomic mass is 32.1. The van der Waals surface area contributed by atoms with Crippen LogP contribution in [-0.4, -0.2) is 20.0 Å². The Kier molecular flexibility index (Phi) is 13.8. The quantitative estimate of drug-likeness (QED) is 0.0941. The molecule has 0 spiro atoms. The molecular formula is C85H58B2N2S2. The van der Waals surface area contributed by atoms with E-state index in [0.29, 0.717) is 0 Å². The SMILES string of the molecule is C=CC=CC=C1CN(c2cccc3c2sc2ccccc23)c2ccccc2B1c1c(-c2ccccc2)cccc1-c1ccc(-c2ccc(-c3cccc(-c4ccccc4)c3B3c4ccccc4N(c4cccc5c4sc4ccccc45)c4ccccc43)cc2)cc1. The van der Waals surface area contributed by atoms with Crippen LogP contribution in [0.15, 0.2) is 340 Å². The van der Waals surface area contributed by atoms with Gasteiger partial charge in [-0.05, 0) is 114 Å². The molecule has 426 valence electrons. The number of allylic oxidation sites excluding steroid dienone is 4. The predicted molar refractivity (Wildman–Crippen MR) is 398 cm³/mol. The van der Waals surface area contributed by atoms with E-state index in [4.69, 9.17) is 0 Å². The number of para-hydroxylation sites is 3. The molecule has 0 amide bonds. The standard InChI is InChI=1S/C85H58B2N2S2/c1-2-3-6-29-63-56-88(78-44-23-36-70-68-30-11-19-46-80(68)90-84(70)78)75-41-16-13-38-72(75)86(63)82-64(59-25-7-4-8-26-59)32-21-34-66(82)61-52-48-57(49-53-61)58-50-54-62(55-51-58)67-35-22-33-65(60-27-9-5-10-28-60)83(67)87-73-39-14-17-42-76(73)89(77-43-18-15-40-74(77)87)79-45-24-37-71-69-31-12-20-47-81(69)91-85(71)79/h2-55H,1,56H2. The summed E-state index contributed by atoms with van der Waals surface area (Å²) >= 11 is 3.77. The van der Waals surface area contributed by atoms with Gasteiger partial charge in [-0.3, -0.25) is 0 Å². The Morgan fingerprint density at radius 2 is 0.681 bits per heavy atom. The highest BCUT2D eigenvalue weighted by Crippen LogP contribution is 2.47. The van der Waals surface area contributed by atoms with Crippen LogP contribution in [0.3, 0.4) is 0 Å². The van der Waals surface area contributed by atoms with Gasteiger partial charge in [0.1, 0.15) is 0 Å². The Bertz CT molecular complexity index is 5330. The zero-order valence-corrected chi connectivity index (χ0v) is 51.6. The Hall–Kier alpha value is -10.8. The summed E-state index contributed by atoms with van der Waals surface area (Å²) in [5.41, 5.74) is 25.8. The van der Waals surface area contributed by atoms with Gasteiger partial charge in [-0.2, -0.15) is 0 Å². The fourth-order valence-electron chi connectivity index (χ4n) is 14.8. The largest absolute Gasteiger partial charge is 0.337 e. The summed E-state index contributed by atoms with van der Waals surface area (Å²) in [5, 5.41) is 5.20. The normalized spacial score (nSPS) is 13.4. The zero-order valence-electron chi connectivity index (χ0n) is 50.0. The molecule has 0 fully saturated rings. The molecule has 91 heavy (non-hydrogen) atoms. The van der Waals surface area contributed by atoms with Crippen molar-refractivity contribution in [1.29, 1.82) is 0 Å². The number of benzene rings is 13. The molecule has 2 nitrogen and oxygen atoms in total. The molecule has 0 saturated heterocycles. The lowest BCUT2D eigenvalue weighted by Gasteiger charge is -2.38. The molecule has 0 saturated carbocycles. The third-order valence-electron chi connectivity index (χ3n) is 18.8. The number of fused-ring (bicyclic) bond motifs is 9. The molecule has 0 bridgehead atoms. The minimum Gasteiger partial charge on any atom is -0.337 e. The van der Waals surface area contributed by atoms with Crippen LogP contribution in [0, 0.1) is 0 Å². The van der Waals surface area contributed by atoms with E-state index in [0.717, 1.165) is 6.54 Å². The predicted octanol–water partition coefficient (Wildman–Crippen LogP) is 20.0. The van der Waals surface area contributed by atoms with Crippen LogP contribution in [0.1, 0.15) is 0 Å². The van der Waals surface area contributed by atoms with E-state index in [2.05, 4.69) is 338 Å². The Labute approximate surface area is 540 Å². The van der Waals surface area contributed by atoms with E-state index in [9.17, 15) is 0 Å². The van der Waals surface area contributed by atoms with E-state index < -0.39 is 0 Å². The topological polar surface area (TPSA) is 6.48 Å². The number of anilines is 5. The number of hydrogen-bond acceptors (Lipinski definition) is 4. The molecule has 2 aliphatic heterocycles. The molecule has 0 atom stereocenters. The third kappa shape index (κ3) is 9.32. The van der Waals surface area contributed by atoms with Crippen LogP contribution in [0.5, 0.6) is 0 Å². The molecule has 0 aliphatic carbocycles. The first kappa shape index (κ1) is 54.4. The lowest BCUT2D eigenvalue weighted by molar-refractivity contribution is 1.08. The summed E-state index contributed by atoms with van der Waals surface area (Å²) in [6, 6.07) is 113. The summed E-state index contributed by atoms with van der Waals surface area (Å²) in [4.78, 5) is 5.08. The van der Waals surface area contributed by atoms with Gasteiger partial charge in [0.2, 0.25) is 13.4 Å². The fourth-order valence-corrected chi connectivity index (χ4v) is 17.2. The molecule has 0 N–H and O–H groups in total. The number of rotatable bonds is 11. The molecule has 0 unspecified atom stereocenters. The van der Waals surface area contributed by atoms with Crippen molar-refractivity contribution in [1.82, 2.24) is 0 Å². The van der Waals surface area contributed by atoms with Gasteiger partial charge in [-0.25, -0.2) is 0 Å². The Morgan fingerprint density at radius 1 is 0.308 bits per heavy atom. The average molecular weight is 1190 g/mol. The van der Waals surface area contributed by atoms with Crippen molar-refractivity contribution in [2.24, 2.45) is 0 Å². The lowest BCUT2D eigenvalue weighted by atomic mass is 9.33. The van der Waals surface area contributed by atoms with E-state index >= 15 is 0 Å². The lowest BCUT2D eigenvalue weighted by Crippen LogP contribution is -2.58. The maximum atomic E-state index is 4.07. The first-order chi connectivity index (χ1) is 45.1. The van der Waals surface area contributed by atoms with Crippen LogP contribution >= 0.6 is 22.7 Å². The second-order valence-corrected chi connectivity index (χ2v) is 25.9. The van der Waals surface area contributed by atoms with Crippen molar-refractivity contribution >= 4 is 132 Å². The van der Waals surface area contributed by atoms with Crippen molar-refractivity contribution in [2.75, 3.05) is 16.3 Å². The molecule has 2 aromatic heterocycles. The summed E-state index contributed by atoms with van der Waals surface area (Å²) in [6.45, 7) is 4.68. The molecule has 6 heteroatoms. The second-order valence-electron chi connectivity index (χ2n) is 23.8. The van der Waals surface area contributed by atoms with E-state index in [1.165, 1.54) is 157 Å². The van der Waals surface area contributed by atoms with Crippen LogP contribution in [0.2, 0.25) is 0 Å². The summed E-state index contributed by atoms with van der Waals surface area (Å²) in [6.07, 6.45) is 8.43. The molecule has 4 heterocycles. The van der Waals surface area contributed by atoms with Gasteiger partial charge in [0, 0.05) is 54.6 Å². The second kappa shape index (κ2) is 23.0. The Balaban J connectivity index is 0.764. The summed E-state index contributed by atoms with van der Waals surface area (Å²) < 4.78 is 5.21. The third-order valence-corrected chi connectivity index (χ3v) is 21.2. The van der Waals surface area contributed by atoms with Gasteiger partial charge in [-0.1, -0.05) is 308 Å². The van der Waals surface area contributed by atoms with Crippen LogP contribution < -0.4 is 37.1 Å². The maximum Gasteiger partial charge on any atom is 0.248 e. The van der Waals surface area contributed by atoms with Crippen LogP contribution in [0.4, 0.5) is 28.4 Å². The van der Waals surface area contributed by atoms with Crippen molar-refractivity contribution < 1.29 is 0 Å². The maximum absolute atomic E-state index is 4.07. The van der Waals surface area contributed by atoms with Crippen molar-refractivity contribution in [3.05, 3.63) is 340 Å². The van der Waals surface area contributed by atoms with Crippen LogP contribution in [0.25, 0.3) is 96.0 Å². The van der Waals surface area contributed by atoms with Gasteiger partial charge in [0.15, 0.2) is 0 Å². The van der Waals surface area contributed by atoms with Crippen molar-refractivity contribution in [2.45, 2.75) is 0 Å². The molecule has 15 aromatic rings. The molecule has 2 aliphatic rings. The Morgan fingerprint density at radius 3 is 1.20 bits per heavy atom. The van der Waals surface area contributed by atoms with Crippen LogP contribution in [-0.2, 0) is 0 Å². The minimum absolute atomic E-state index is 0.0518. The molecular weight excluding hydrogens is 1130 g/mol. The molecule has 13 aromatic carbocycles. The van der Waals surface area contributed by atoms with Crippen molar-refractivity contribution in [3.63, 3.8) is 0 Å². The summed E-state index contributed by atoms with van der Waals surface area (Å²) in [7, 11) is 0. The summed E-state index contributed by atoms with van der Waals surface area (Å²) in [5.74, 6) is 0. The number of hydrogen-bond donors (Lipinski definition) is 0. The first-order valence-electron chi connectivity index (χ1n) is 31.4. The van der Waals surface area contributed by atoms with Gasteiger partial charge in [0.05, 0.1) is 20.8 Å². The number of nitrogens with zero attached hydrogens (tertiary/aromatic N) is 2. The van der Waals surface area contributed by atoms with E-state index in [-0.39, 0.29) is 13.4 Å². The monoisotopic (exact) mass is 1190 g/mol. The van der Waals surface area contributed by atoms with E-state index in [1.54, 1.807) is 0 Å². The molecule has 17 rings (SSSR count). The first-order valence-corrected chi connectivity index (χ1v) is 33.0. The minimum atomic E-state index is -0.0625. The molecule has 0 radical (unpaired) electrons. The fraction of sp³-hybridized carbons (Fsp3) is 0.0118. The smallest absolute Gasteiger partial charge is 0.248 e. The number of thiophene rings is 2. The van der Waals surface area contributed by atoms with E-state index in [1.807, 2.05) is 28.7 Å². The highest BCUT2D eigenvalue weighted by Gasteiger charge is 2.40. The van der Waals surface area contributed by atoms with Crippen molar-refractivity contribution in [3.8, 4) is 55.6 Å².